The number of esters is 1. The van der Waals surface area contributed by atoms with E-state index in [0.29, 0.717) is 5.76 Å². The van der Waals surface area contributed by atoms with Crippen molar-refractivity contribution >= 4 is 5.97 Å². The summed E-state index contributed by atoms with van der Waals surface area (Å²) in [5.41, 5.74) is 5.55. The van der Waals surface area contributed by atoms with Crippen LogP contribution in [0.5, 0.6) is 0 Å². The lowest BCUT2D eigenvalue weighted by atomic mass is 10.2. The highest BCUT2D eigenvalue weighted by Gasteiger charge is 2.43. The molecule has 0 amide bonds. The molecule has 1 aliphatic rings. The van der Waals surface area contributed by atoms with Gasteiger partial charge in [-0.15, -0.1) is 0 Å². The van der Waals surface area contributed by atoms with Crippen LogP contribution in [0.4, 0.5) is 0 Å². The van der Waals surface area contributed by atoms with E-state index >= 15 is 0 Å². The molecule has 0 unspecified atom stereocenters. The van der Waals surface area contributed by atoms with Gasteiger partial charge in [0.1, 0.15) is 5.76 Å². The van der Waals surface area contributed by atoms with E-state index in [9.17, 15) is 4.79 Å². The van der Waals surface area contributed by atoms with E-state index in [1.807, 2.05) is 0 Å². The highest BCUT2D eigenvalue weighted by Crippen LogP contribution is 2.43. The lowest BCUT2D eigenvalue weighted by molar-refractivity contribution is 0.0562. The zero-order valence-electron chi connectivity index (χ0n) is 7.37. The predicted octanol–water partition coefficient (Wildman–Crippen LogP) is 1.01. The molecule has 0 aliphatic heterocycles. The Hall–Kier alpha value is -1.29. The van der Waals surface area contributed by atoms with Gasteiger partial charge in [-0.2, -0.15) is 0 Å². The summed E-state index contributed by atoms with van der Waals surface area (Å²) < 4.78 is 9.77. The first-order valence-electron chi connectivity index (χ1n) is 4.13. The lowest BCUT2D eigenvalue weighted by Gasteiger charge is -2.02. The van der Waals surface area contributed by atoms with E-state index < -0.39 is 5.97 Å². The van der Waals surface area contributed by atoms with Crippen LogP contribution in [0.15, 0.2) is 16.5 Å². The van der Waals surface area contributed by atoms with E-state index in [4.69, 9.17) is 10.2 Å². The van der Waals surface area contributed by atoms with E-state index in [1.54, 1.807) is 12.1 Å². The van der Waals surface area contributed by atoms with Gasteiger partial charge in [-0.3, -0.25) is 0 Å². The minimum Gasteiger partial charge on any atom is -0.463 e. The Morgan fingerprint density at radius 3 is 2.85 bits per heavy atom. The first kappa shape index (κ1) is 8.31. The molecule has 1 aromatic rings. The standard InChI is InChI=1S/C9H11NO3/c1-12-8(11)6-2-3-7(13-6)9(10)4-5-9/h2-3H,4-5,10H2,1H3. The van der Waals surface area contributed by atoms with Gasteiger partial charge in [-0.25, -0.2) is 4.79 Å². The van der Waals surface area contributed by atoms with Gasteiger partial charge in [0, 0.05) is 0 Å². The first-order valence-corrected chi connectivity index (χ1v) is 4.13. The quantitative estimate of drug-likeness (QED) is 0.691. The molecule has 0 radical (unpaired) electrons. The maximum absolute atomic E-state index is 11.0. The Balaban J connectivity index is 2.23. The summed E-state index contributed by atoms with van der Waals surface area (Å²) in [4.78, 5) is 11.0. The Morgan fingerprint density at radius 2 is 2.31 bits per heavy atom. The highest BCUT2D eigenvalue weighted by molar-refractivity contribution is 5.86. The molecular formula is C9H11NO3. The minimum atomic E-state index is -0.463. The minimum absolute atomic E-state index is 0.217. The average Bonchev–Trinajstić information content (AvgIpc) is 2.72. The van der Waals surface area contributed by atoms with Crippen molar-refractivity contribution in [1.29, 1.82) is 0 Å². The predicted molar refractivity (Wildman–Crippen MR) is 45.1 cm³/mol. The second-order valence-electron chi connectivity index (χ2n) is 3.31. The van der Waals surface area contributed by atoms with Crippen LogP contribution in [0.25, 0.3) is 0 Å². The number of hydrogen-bond donors (Lipinski definition) is 1. The molecule has 70 valence electrons. The van der Waals surface area contributed by atoms with Crippen molar-refractivity contribution in [2.45, 2.75) is 18.4 Å². The smallest absolute Gasteiger partial charge is 0.373 e. The molecule has 0 saturated heterocycles. The van der Waals surface area contributed by atoms with Crippen molar-refractivity contribution < 1.29 is 13.9 Å². The van der Waals surface area contributed by atoms with Crippen LogP contribution in [0.2, 0.25) is 0 Å². The van der Waals surface area contributed by atoms with Crippen LogP contribution in [0, 0.1) is 0 Å². The lowest BCUT2D eigenvalue weighted by Crippen LogP contribution is -2.17. The van der Waals surface area contributed by atoms with Crippen molar-refractivity contribution in [3.05, 3.63) is 23.7 Å². The average molecular weight is 181 g/mol. The summed E-state index contributed by atoms with van der Waals surface area (Å²) in [6.45, 7) is 0. The molecule has 4 heteroatoms. The zero-order valence-corrected chi connectivity index (χ0v) is 7.37. The molecular weight excluding hydrogens is 170 g/mol. The monoisotopic (exact) mass is 181 g/mol. The molecule has 0 aromatic carbocycles. The van der Waals surface area contributed by atoms with Gasteiger partial charge in [0.2, 0.25) is 5.76 Å². The van der Waals surface area contributed by atoms with Gasteiger partial charge in [0.05, 0.1) is 12.6 Å². The number of carbonyl (C=O) groups excluding carboxylic acids is 1. The maximum atomic E-state index is 11.0. The van der Waals surface area contributed by atoms with E-state index in [2.05, 4.69) is 4.74 Å². The number of carbonyl (C=O) groups is 1. The SMILES string of the molecule is COC(=O)c1ccc(C2(N)CC2)o1. The Kier molecular flexibility index (Phi) is 1.66. The third-order valence-electron chi connectivity index (χ3n) is 2.27. The molecule has 1 heterocycles. The van der Waals surface area contributed by atoms with Crippen LogP contribution in [0.1, 0.15) is 29.2 Å². The molecule has 4 nitrogen and oxygen atoms in total. The van der Waals surface area contributed by atoms with E-state index in [1.165, 1.54) is 7.11 Å². The van der Waals surface area contributed by atoms with E-state index in [-0.39, 0.29) is 11.3 Å². The van der Waals surface area contributed by atoms with Gasteiger partial charge in [-0.05, 0) is 25.0 Å². The number of rotatable bonds is 2. The van der Waals surface area contributed by atoms with Crippen molar-refractivity contribution in [1.82, 2.24) is 0 Å². The number of hydrogen-bond acceptors (Lipinski definition) is 4. The van der Waals surface area contributed by atoms with Crippen molar-refractivity contribution in [2.24, 2.45) is 5.73 Å². The number of methoxy groups -OCH3 is 1. The highest BCUT2D eigenvalue weighted by atomic mass is 16.5. The Labute approximate surface area is 75.7 Å². The summed E-state index contributed by atoms with van der Waals surface area (Å²) in [5, 5.41) is 0. The molecule has 1 aromatic heterocycles. The normalized spacial score (nSPS) is 18.3. The van der Waals surface area contributed by atoms with Crippen LogP contribution >= 0.6 is 0 Å². The summed E-state index contributed by atoms with van der Waals surface area (Å²) in [7, 11) is 1.32. The Bertz CT molecular complexity index is 338. The summed E-state index contributed by atoms with van der Waals surface area (Å²) >= 11 is 0. The molecule has 0 atom stereocenters. The molecule has 1 saturated carbocycles. The zero-order chi connectivity index (χ0) is 9.47. The molecule has 1 aliphatic carbocycles. The van der Waals surface area contributed by atoms with Crippen molar-refractivity contribution in [3.8, 4) is 0 Å². The topological polar surface area (TPSA) is 65.5 Å². The second-order valence-corrected chi connectivity index (χ2v) is 3.31. The summed E-state index contributed by atoms with van der Waals surface area (Å²) in [6.07, 6.45) is 1.84. The summed E-state index contributed by atoms with van der Waals surface area (Å²) in [5.74, 6) is 0.428. The molecule has 0 bridgehead atoms. The van der Waals surface area contributed by atoms with Crippen molar-refractivity contribution in [3.63, 3.8) is 0 Å². The number of furan rings is 1. The van der Waals surface area contributed by atoms with Gasteiger partial charge < -0.3 is 14.9 Å². The third-order valence-corrected chi connectivity index (χ3v) is 2.27. The van der Waals surface area contributed by atoms with Gasteiger partial charge in [0.15, 0.2) is 0 Å². The molecule has 13 heavy (non-hydrogen) atoms. The fourth-order valence-corrected chi connectivity index (χ4v) is 1.20. The van der Waals surface area contributed by atoms with E-state index in [0.717, 1.165) is 12.8 Å². The maximum Gasteiger partial charge on any atom is 0.373 e. The van der Waals surface area contributed by atoms with Crippen LogP contribution in [-0.4, -0.2) is 13.1 Å². The first-order chi connectivity index (χ1) is 6.15. The number of nitrogens with two attached hydrogens (primary N) is 1. The van der Waals surface area contributed by atoms with Gasteiger partial charge in [0.25, 0.3) is 0 Å². The van der Waals surface area contributed by atoms with Crippen LogP contribution in [-0.2, 0) is 10.3 Å². The molecule has 0 spiro atoms. The summed E-state index contributed by atoms with van der Waals surface area (Å²) in [6, 6.07) is 3.33. The largest absolute Gasteiger partial charge is 0.463 e. The van der Waals surface area contributed by atoms with Crippen LogP contribution in [0.3, 0.4) is 0 Å². The molecule has 1 fully saturated rings. The van der Waals surface area contributed by atoms with Gasteiger partial charge in [-0.1, -0.05) is 0 Å². The molecule has 2 N–H and O–H groups in total. The number of ether oxygens (including phenoxy) is 1. The van der Waals surface area contributed by atoms with Crippen molar-refractivity contribution in [2.75, 3.05) is 7.11 Å². The fraction of sp³-hybridized carbons (Fsp3) is 0.444. The van der Waals surface area contributed by atoms with Crippen LogP contribution < -0.4 is 5.73 Å². The molecule has 2 rings (SSSR count). The van der Waals surface area contributed by atoms with Gasteiger partial charge >= 0.3 is 5.97 Å². The Morgan fingerprint density at radius 1 is 1.62 bits per heavy atom. The fourth-order valence-electron chi connectivity index (χ4n) is 1.20. The third kappa shape index (κ3) is 1.33. The second kappa shape index (κ2) is 2.60.